The molecule has 0 saturated carbocycles. The maximum absolute atomic E-state index is 12.6. The number of halogens is 1. The van der Waals surface area contributed by atoms with Crippen LogP contribution in [-0.2, 0) is 22.6 Å². The Kier molecular flexibility index (Phi) is 7.42. The van der Waals surface area contributed by atoms with Gasteiger partial charge in [-0.2, -0.15) is 4.98 Å². The lowest BCUT2D eigenvalue weighted by Crippen LogP contribution is -2.33. The molecule has 0 spiro atoms. The van der Waals surface area contributed by atoms with Crippen LogP contribution < -0.4 is 5.32 Å². The van der Waals surface area contributed by atoms with Crippen molar-refractivity contribution >= 4 is 21.8 Å². The van der Waals surface area contributed by atoms with Crippen LogP contribution in [0.15, 0.2) is 93.9 Å². The Morgan fingerprint density at radius 1 is 0.938 bits per heavy atom. The summed E-state index contributed by atoms with van der Waals surface area (Å²) in [6, 6.07) is 26.8. The Balaban J connectivity index is 1.45. The number of rotatable bonds is 9. The SMILES string of the molecule is O=C(COCc1ccccc1)N[C@H](Cc1ccccc1)c1nc(-c2ccc(Br)cc2)no1. The number of hydrogen-bond acceptors (Lipinski definition) is 5. The van der Waals surface area contributed by atoms with Gasteiger partial charge in [0.2, 0.25) is 17.6 Å². The zero-order valence-corrected chi connectivity index (χ0v) is 18.9. The first-order chi connectivity index (χ1) is 15.7. The maximum atomic E-state index is 12.6. The van der Waals surface area contributed by atoms with E-state index in [1.54, 1.807) is 0 Å². The van der Waals surface area contributed by atoms with Gasteiger partial charge in [-0.05, 0) is 35.4 Å². The van der Waals surface area contributed by atoms with Gasteiger partial charge in [0.25, 0.3) is 0 Å². The van der Waals surface area contributed by atoms with Crippen LogP contribution >= 0.6 is 15.9 Å². The molecule has 0 aliphatic heterocycles. The Labute approximate surface area is 194 Å². The Bertz CT molecular complexity index is 1130. The molecule has 7 heteroatoms. The summed E-state index contributed by atoms with van der Waals surface area (Å²) in [5, 5.41) is 7.08. The summed E-state index contributed by atoms with van der Waals surface area (Å²) in [6.07, 6.45) is 0.521. The second-order valence-electron chi connectivity index (χ2n) is 7.25. The predicted molar refractivity (Wildman–Crippen MR) is 125 cm³/mol. The zero-order chi connectivity index (χ0) is 22.2. The van der Waals surface area contributed by atoms with Crippen molar-refractivity contribution in [1.29, 1.82) is 0 Å². The molecule has 0 unspecified atom stereocenters. The van der Waals surface area contributed by atoms with Gasteiger partial charge in [-0.3, -0.25) is 4.79 Å². The highest BCUT2D eigenvalue weighted by Gasteiger charge is 2.22. The van der Waals surface area contributed by atoms with Gasteiger partial charge < -0.3 is 14.6 Å². The molecule has 4 rings (SSSR count). The Morgan fingerprint density at radius 2 is 1.59 bits per heavy atom. The highest BCUT2D eigenvalue weighted by Crippen LogP contribution is 2.23. The predicted octanol–water partition coefficient (Wildman–Crippen LogP) is 5.12. The second-order valence-corrected chi connectivity index (χ2v) is 8.17. The molecule has 0 radical (unpaired) electrons. The third-order valence-electron chi connectivity index (χ3n) is 4.80. The first kappa shape index (κ1) is 21.9. The van der Waals surface area contributed by atoms with E-state index in [0.717, 1.165) is 21.2 Å². The summed E-state index contributed by atoms with van der Waals surface area (Å²) in [5.74, 6) is 0.577. The largest absolute Gasteiger partial charge is 0.367 e. The molecule has 4 aromatic rings. The maximum Gasteiger partial charge on any atom is 0.249 e. The third-order valence-corrected chi connectivity index (χ3v) is 5.33. The fourth-order valence-electron chi connectivity index (χ4n) is 3.21. The van der Waals surface area contributed by atoms with Crippen LogP contribution in [0.3, 0.4) is 0 Å². The van der Waals surface area contributed by atoms with Crippen molar-refractivity contribution in [3.05, 3.63) is 106 Å². The molecule has 6 nitrogen and oxygen atoms in total. The molecule has 32 heavy (non-hydrogen) atoms. The van der Waals surface area contributed by atoms with Gasteiger partial charge in [0, 0.05) is 16.5 Å². The molecule has 162 valence electrons. The average Bonchev–Trinajstić information content (AvgIpc) is 3.31. The number of ether oxygens (including phenoxy) is 1. The lowest BCUT2D eigenvalue weighted by atomic mass is 10.1. The molecule has 1 atom stereocenters. The third kappa shape index (κ3) is 6.12. The minimum absolute atomic E-state index is 0.0616. The molecule has 1 heterocycles. The topological polar surface area (TPSA) is 77.2 Å². The van der Waals surface area contributed by atoms with Crippen molar-refractivity contribution in [2.75, 3.05) is 6.61 Å². The summed E-state index contributed by atoms with van der Waals surface area (Å²) in [5.41, 5.74) is 2.89. The van der Waals surface area contributed by atoms with E-state index in [2.05, 4.69) is 31.4 Å². The van der Waals surface area contributed by atoms with Gasteiger partial charge in [0.05, 0.1) is 6.61 Å². The number of carbonyl (C=O) groups is 1. The lowest BCUT2D eigenvalue weighted by Gasteiger charge is -2.15. The monoisotopic (exact) mass is 491 g/mol. The van der Waals surface area contributed by atoms with Gasteiger partial charge in [-0.25, -0.2) is 0 Å². The van der Waals surface area contributed by atoms with Crippen molar-refractivity contribution in [2.24, 2.45) is 0 Å². The van der Waals surface area contributed by atoms with Gasteiger partial charge in [-0.1, -0.05) is 81.8 Å². The first-order valence-corrected chi connectivity index (χ1v) is 11.0. The minimum atomic E-state index is -0.470. The van der Waals surface area contributed by atoms with Crippen molar-refractivity contribution in [1.82, 2.24) is 15.5 Å². The van der Waals surface area contributed by atoms with E-state index >= 15 is 0 Å². The number of benzene rings is 3. The molecular weight excluding hydrogens is 470 g/mol. The van der Waals surface area contributed by atoms with Crippen LogP contribution in [-0.4, -0.2) is 22.7 Å². The molecule has 0 saturated heterocycles. The fourth-order valence-corrected chi connectivity index (χ4v) is 3.48. The molecule has 0 fully saturated rings. The van der Waals surface area contributed by atoms with Crippen molar-refractivity contribution in [2.45, 2.75) is 19.1 Å². The molecular formula is C25H22BrN3O3. The normalized spacial score (nSPS) is 11.8. The first-order valence-electron chi connectivity index (χ1n) is 10.2. The standard InChI is InChI=1S/C25H22BrN3O3/c26-21-13-11-20(12-14-21)24-28-25(32-29-24)22(15-18-7-3-1-4-8-18)27-23(30)17-31-16-19-9-5-2-6-10-19/h1-14,22H,15-17H2,(H,27,30)/t22-/m1/s1. The summed E-state index contributed by atoms with van der Waals surface area (Å²) < 4.78 is 12.1. The van der Waals surface area contributed by atoms with Crippen LogP contribution in [0.1, 0.15) is 23.1 Å². The smallest absolute Gasteiger partial charge is 0.249 e. The van der Waals surface area contributed by atoms with E-state index in [1.165, 1.54) is 0 Å². The molecule has 0 aliphatic rings. The highest BCUT2D eigenvalue weighted by atomic mass is 79.9. The van der Waals surface area contributed by atoms with Crippen LogP contribution in [0.5, 0.6) is 0 Å². The van der Waals surface area contributed by atoms with Crippen LogP contribution in [0.4, 0.5) is 0 Å². The molecule has 3 aromatic carbocycles. The summed E-state index contributed by atoms with van der Waals surface area (Å²) in [7, 11) is 0. The van der Waals surface area contributed by atoms with Crippen LogP contribution in [0.2, 0.25) is 0 Å². The molecule has 1 N–H and O–H groups in total. The van der Waals surface area contributed by atoms with Gasteiger partial charge in [0.1, 0.15) is 12.6 Å². The van der Waals surface area contributed by atoms with E-state index in [4.69, 9.17) is 9.26 Å². The molecule has 0 bridgehead atoms. The number of amides is 1. The number of nitrogens with zero attached hydrogens (tertiary/aromatic N) is 2. The lowest BCUT2D eigenvalue weighted by molar-refractivity contribution is -0.127. The van der Waals surface area contributed by atoms with Crippen molar-refractivity contribution < 1.29 is 14.1 Å². The summed E-state index contributed by atoms with van der Waals surface area (Å²) in [6.45, 7) is 0.305. The second kappa shape index (κ2) is 10.8. The quantitative estimate of drug-likeness (QED) is 0.351. The van der Waals surface area contributed by atoms with E-state index < -0.39 is 6.04 Å². The molecule has 1 amide bonds. The van der Waals surface area contributed by atoms with Gasteiger partial charge in [-0.15, -0.1) is 0 Å². The van der Waals surface area contributed by atoms with Gasteiger partial charge in [0.15, 0.2) is 0 Å². The summed E-state index contributed by atoms with van der Waals surface area (Å²) in [4.78, 5) is 17.1. The fraction of sp³-hybridized carbons (Fsp3) is 0.160. The van der Waals surface area contributed by atoms with Crippen molar-refractivity contribution in [3.8, 4) is 11.4 Å². The van der Waals surface area contributed by atoms with E-state index in [9.17, 15) is 4.79 Å². The van der Waals surface area contributed by atoms with E-state index in [0.29, 0.717) is 24.7 Å². The molecule has 1 aromatic heterocycles. The highest BCUT2D eigenvalue weighted by molar-refractivity contribution is 9.10. The minimum Gasteiger partial charge on any atom is -0.367 e. The average molecular weight is 492 g/mol. The molecule has 0 aliphatic carbocycles. The van der Waals surface area contributed by atoms with Crippen molar-refractivity contribution in [3.63, 3.8) is 0 Å². The Morgan fingerprint density at radius 3 is 2.28 bits per heavy atom. The Hall–Kier alpha value is -3.29. The van der Waals surface area contributed by atoms with Crippen LogP contribution in [0, 0.1) is 0 Å². The number of aromatic nitrogens is 2. The summed E-state index contributed by atoms with van der Waals surface area (Å²) >= 11 is 3.42. The van der Waals surface area contributed by atoms with Gasteiger partial charge >= 0.3 is 0 Å². The van der Waals surface area contributed by atoms with E-state index in [-0.39, 0.29) is 12.5 Å². The van der Waals surface area contributed by atoms with E-state index in [1.807, 2.05) is 84.9 Å². The number of hydrogen-bond donors (Lipinski definition) is 1. The van der Waals surface area contributed by atoms with Crippen LogP contribution in [0.25, 0.3) is 11.4 Å². The zero-order valence-electron chi connectivity index (χ0n) is 17.3. The number of nitrogens with one attached hydrogen (secondary N) is 1. The number of carbonyl (C=O) groups excluding carboxylic acids is 1.